The van der Waals surface area contributed by atoms with Gasteiger partial charge in [-0.3, -0.25) is 18.7 Å². The molecule has 0 aliphatic rings. The zero-order valence-electron chi connectivity index (χ0n) is 13.6. The molecule has 0 aliphatic carbocycles. The van der Waals surface area contributed by atoms with Crippen LogP contribution in [0.15, 0.2) is 39.9 Å². The fraction of sp³-hybridized carbons (Fsp3) is 0.235. The standard InChI is InChI=1S/C17H17N3O3S/c1-4-10-7-5-6-8-12(10)18-14(21)13-9-11-15(22)19(2)17(23)20(3)16(11)24-13/h5-9H,4H2,1-3H3,(H,18,21). The summed E-state index contributed by atoms with van der Waals surface area (Å²) in [4.78, 5) is 37.7. The van der Waals surface area contributed by atoms with Crippen LogP contribution in [-0.2, 0) is 20.5 Å². The molecule has 1 aromatic carbocycles. The molecule has 0 saturated carbocycles. The summed E-state index contributed by atoms with van der Waals surface area (Å²) in [6, 6.07) is 9.14. The third kappa shape index (κ3) is 2.56. The molecule has 7 heteroatoms. The number of aryl methyl sites for hydroxylation is 2. The van der Waals surface area contributed by atoms with Crippen LogP contribution in [0.2, 0.25) is 0 Å². The number of nitrogens with zero attached hydrogens (tertiary/aromatic N) is 2. The molecule has 1 N–H and O–H groups in total. The molecular formula is C17H17N3O3S. The smallest absolute Gasteiger partial charge is 0.321 e. The zero-order valence-corrected chi connectivity index (χ0v) is 14.4. The predicted octanol–water partition coefficient (Wildman–Crippen LogP) is 2.11. The molecule has 0 spiro atoms. The average Bonchev–Trinajstić information content (AvgIpc) is 3.04. The van der Waals surface area contributed by atoms with Gasteiger partial charge in [-0.15, -0.1) is 11.3 Å². The molecule has 0 unspecified atom stereocenters. The van der Waals surface area contributed by atoms with Crippen molar-refractivity contribution in [1.82, 2.24) is 9.13 Å². The van der Waals surface area contributed by atoms with E-state index >= 15 is 0 Å². The van der Waals surface area contributed by atoms with Gasteiger partial charge in [0.05, 0.1) is 10.3 Å². The number of para-hydroxylation sites is 1. The number of carbonyl (C=O) groups is 1. The summed E-state index contributed by atoms with van der Waals surface area (Å²) in [5.74, 6) is -0.286. The summed E-state index contributed by atoms with van der Waals surface area (Å²) >= 11 is 1.14. The Morgan fingerprint density at radius 3 is 2.58 bits per heavy atom. The van der Waals surface area contributed by atoms with Crippen LogP contribution >= 0.6 is 11.3 Å². The van der Waals surface area contributed by atoms with E-state index in [4.69, 9.17) is 0 Å². The van der Waals surface area contributed by atoms with E-state index in [1.165, 1.54) is 11.6 Å². The van der Waals surface area contributed by atoms with Gasteiger partial charge < -0.3 is 5.32 Å². The van der Waals surface area contributed by atoms with Crippen molar-refractivity contribution in [1.29, 1.82) is 0 Å². The third-order valence-corrected chi connectivity index (χ3v) is 5.21. The molecule has 0 radical (unpaired) electrons. The molecule has 2 heterocycles. The number of anilines is 1. The molecule has 0 bridgehead atoms. The van der Waals surface area contributed by atoms with Crippen LogP contribution in [0.1, 0.15) is 22.2 Å². The average molecular weight is 343 g/mol. The Kier molecular flexibility index (Phi) is 4.11. The van der Waals surface area contributed by atoms with Gasteiger partial charge in [-0.05, 0) is 24.1 Å². The lowest BCUT2D eigenvalue weighted by atomic mass is 10.1. The summed E-state index contributed by atoms with van der Waals surface area (Å²) < 4.78 is 2.43. The number of nitrogens with one attached hydrogen (secondary N) is 1. The number of aromatic nitrogens is 2. The van der Waals surface area contributed by atoms with E-state index < -0.39 is 11.2 Å². The summed E-state index contributed by atoms with van der Waals surface area (Å²) in [5, 5.41) is 3.26. The first-order chi connectivity index (χ1) is 11.4. The van der Waals surface area contributed by atoms with E-state index in [0.29, 0.717) is 15.1 Å². The Labute approximate surface area is 142 Å². The molecular weight excluding hydrogens is 326 g/mol. The first kappa shape index (κ1) is 16.2. The molecule has 0 atom stereocenters. The summed E-state index contributed by atoms with van der Waals surface area (Å²) in [6.45, 7) is 2.02. The SMILES string of the molecule is CCc1ccccc1NC(=O)c1cc2c(=O)n(C)c(=O)n(C)c2s1. The monoisotopic (exact) mass is 343 g/mol. The number of hydrogen-bond acceptors (Lipinski definition) is 4. The maximum atomic E-state index is 12.5. The van der Waals surface area contributed by atoms with E-state index in [2.05, 4.69) is 5.32 Å². The zero-order chi connectivity index (χ0) is 17.4. The van der Waals surface area contributed by atoms with E-state index in [-0.39, 0.29) is 5.91 Å². The summed E-state index contributed by atoms with van der Waals surface area (Å²) in [7, 11) is 3.02. The first-order valence-electron chi connectivity index (χ1n) is 7.52. The number of amides is 1. The Morgan fingerprint density at radius 1 is 1.17 bits per heavy atom. The number of hydrogen-bond donors (Lipinski definition) is 1. The molecule has 2 aromatic heterocycles. The summed E-state index contributed by atoms with van der Waals surface area (Å²) in [5.41, 5.74) is 0.995. The molecule has 3 rings (SSSR count). The molecule has 0 fully saturated rings. The number of carbonyl (C=O) groups excluding carboxylic acids is 1. The topological polar surface area (TPSA) is 73.1 Å². The molecule has 6 nitrogen and oxygen atoms in total. The third-order valence-electron chi connectivity index (χ3n) is 4.00. The fourth-order valence-electron chi connectivity index (χ4n) is 2.61. The second-order valence-corrected chi connectivity index (χ2v) is 6.53. The van der Waals surface area contributed by atoms with Gasteiger partial charge in [-0.1, -0.05) is 25.1 Å². The highest BCUT2D eigenvalue weighted by atomic mass is 32.1. The van der Waals surface area contributed by atoms with Crippen molar-refractivity contribution in [3.05, 3.63) is 61.6 Å². The number of thiophene rings is 1. The predicted molar refractivity (Wildman–Crippen MR) is 96.1 cm³/mol. The molecule has 24 heavy (non-hydrogen) atoms. The van der Waals surface area contributed by atoms with E-state index in [1.807, 2.05) is 31.2 Å². The quantitative estimate of drug-likeness (QED) is 0.792. The van der Waals surface area contributed by atoms with Gasteiger partial charge in [-0.2, -0.15) is 0 Å². The maximum Gasteiger partial charge on any atom is 0.331 e. The lowest BCUT2D eigenvalue weighted by Crippen LogP contribution is -2.36. The minimum atomic E-state index is -0.405. The van der Waals surface area contributed by atoms with Gasteiger partial charge in [0, 0.05) is 19.8 Å². The number of benzene rings is 1. The van der Waals surface area contributed by atoms with Crippen LogP contribution in [0.25, 0.3) is 10.2 Å². The van der Waals surface area contributed by atoms with Gasteiger partial charge in [0.2, 0.25) is 0 Å². The van der Waals surface area contributed by atoms with Crippen LogP contribution in [-0.4, -0.2) is 15.0 Å². The molecule has 0 aliphatic heterocycles. The highest BCUT2D eigenvalue weighted by Crippen LogP contribution is 2.23. The fourth-order valence-corrected chi connectivity index (χ4v) is 3.61. The van der Waals surface area contributed by atoms with Crippen molar-refractivity contribution >= 4 is 33.1 Å². The molecule has 124 valence electrons. The van der Waals surface area contributed by atoms with E-state index in [1.54, 1.807) is 13.1 Å². The maximum absolute atomic E-state index is 12.5. The normalized spacial score (nSPS) is 11.0. The van der Waals surface area contributed by atoms with Gasteiger partial charge in [0.15, 0.2) is 0 Å². The van der Waals surface area contributed by atoms with Gasteiger partial charge >= 0.3 is 5.69 Å². The minimum absolute atomic E-state index is 0.286. The van der Waals surface area contributed by atoms with Crippen molar-refractivity contribution in [2.75, 3.05) is 5.32 Å². The highest BCUT2D eigenvalue weighted by Gasteiger charge is 2.17. The molecule has 0 saturated heterocycles. The van der Waals surface area contributed by atoms with Crippen LogP contribution in [0.4, 0.5) is 5.69 Å². The van der Waals surface area contributed by atoms with Crippen LogP contribution in [0.5, 0.6) is 0 Å². The van der Waals surface area contributed by atoms with Crippen molar-refractivity contribution in [3.63, 3.8) is 0 Å². The van der Waals surface area contributed by atoms with Gasteiger partial charge in [-0.25, -0.2) is 4.79 Å². The lowest BCUT2D eigenvalue weighted by Gasteiger charge is -2.08. The Balaban J connectivity index is 2.06. The van der Waals surface area contributed by atoms with Crippen molar-refractivity contribution in [2.45, 2.75) is 13.3 Å². The van der Waals surface area contributed by atoms with E-state index in [9.17, 15) is 14.4 Å². The molecule has 3 aromatic rings. The van der Waals surface area contributed by atoms with Gasteiger partial charge in [0.25, 0.3) is 11.5 Å². The number of rotatable bonds is 3. The summed E-state index contributed by atoms with van der Waals surface area (Å²) in [6.07, 6.45) is 0.803. The number of fused-ring (bicyclic) bond motifs is 1. The second-order valence-electron chi connectivity index (χ2n) is 5.50. The van der Waals surface area contributed by atoms with Crippen LogP contribution < -0.4 is 16.6 Å². The Morgan fingerprint density at radius 2 is 1.88 bits per heavy atom. The Bertz CT molecular complexity index is 1060. The Hall–Kier alpha value is -2.67. The van der Waals surface area contributed by atoms with Crippen molar-refractivity contribution in [2.24, 2.45) is 14.1 Å². The molecule has 1 amide bonds. The lowest BCUT2D eigenvalue weighted by molar-refractivity contribution is 0.103. The highest BCUT2D eigenvalue weighted by molar-refractivity contribution is 7.20. The first-order valence-corrected chi connectivity index (χ1v) is 8.34. The largest absolute Gasteiger partial charge is 0.331 e. The minimum Gasteiger partial charge on any atom is -0.321 e. The van der Waals surface area contributed by atoms with Gasteiger partial charge in [0.1, 0.15) is 4.83 Å². The van der Waals surface area contributed by atoms with Crippen molar-refractivity contribution < 1.29 is 4.79 Å². The second kappa shape index (κ2) is 6.09. The van der Waals surface area contributed by atoms with Crippen LogP contribution in [0.3, 0.4) is 0 Å². The van der Waals surface area contributed by atoms with Crippen LogP contribution in [0, 0.1) is 0 Å². The van der Waals surface area contributed by atoms with E-state index in [0.717, 1.165) is 33.6 Å². The van der Waals surface area contributed by atoms with Crippen molar-refractivity contribution in [3.8, 4) is 0 Å².